The first-order valence-corrected chi connectivity index (χ1v) is 10.6. The zero-order chi connectivity index (χ0) is 23.9. The highest BCUT2D eigenvalue weighted by atomic mass is 79.9. The number of aromatic amines is 1. The fourth-order valence-electron chi connectivity index (χ4n) is 3.44. The molecule has 0 aliphatic heterocycles. The molecule has 6 nitrogen and oxygen atoms in total. The van der Waals surface area contributed by atoms with Crippen LogP contribution in [-0.2, 0) is 4.74 Å². The number of esters is 1. The highest BCUT2D eigenvalue weighted by Crippen LogP contribution is 2.37. The number of benzene rings is 2. The number of halogens is 3. The number of para-hydroxylation sites is 1. The Balaban J connectivity index is 1.98. The third-order valence-corrected chi connectivity index (χ3v) is 5.93. The highest BCUT2D eigenvalue weighted by molar-refractivity contribution is 9.10. The number of aromatic nitrogens is 2. The number of carbonyl (C=O) groups excluding carboxylic acids is 1. The predicted molar refractivity (Wildman–Crippen MR) is 123 cm³/mol. The molecular weight excluding hydrogens is 498 g/mol. The smallest absolute Gasteiger partial charge is 0.343 e. The standard InChI is InChI=1S/C24H17BrF2N2O4/c1-11-17(9-8-15(26)20(11)27)33-23-14(10-13-6-4-5-7-16(13)29-23)21-19(25)22(30)18(12(2)28-21)24(31)32-3/h4-10H,1-3H3,(H,28,30). The summed E-state index contributed by atoms with van der Waals surface area (Å²) in [6.45, 7) is 2.96. The summed E-state index contributed by atoms with van der Waals surface area (Å²) in [5, 5.41) is 0.754. The molecule has 168 valence electrons. The topological polar surface area (TPSA) is 81.3 Å². The number of hydrogen-bond donors (Lipinski definition) is 1. The Kier molecular flexibility index (Phi) is 5.99. The number of nitrogens with one attached hydrogen (secondary N) is 1. The van der Waals surface area contributed by atoms with Gasteiger partial charge < -0.3 is 14.5 Å². The number of pyridine rings is 2. The summed E-state index contributed by atoms with van der Waals surface area (Å²) >= 11 is 3.27. The van der Waals surface area contributed by atoms with Crippen molar-refractivity contribution >= 4 is 32.8 Å². The molecule has 0 fully saturated rings. The van der Waals surface area contributed by atoms with Gasteiger partial charge in [0.15, 0.2) is 11.6 Å². The molecule has 0 saturated carbocycles. The molecule has 0 amide bonds. The molecule has 0 saturated heterocycles. The largest absolute Gasteiger partial charge is 0.465 e. The Hall–Kier alpha value is -3.59. The van der Waals surface area contributed by atoms with E-state index in [1.165, 1.54) is 20.1 Å². The molecule has 2 heterocycles. The monoisotopic (exact) mass is 514 g/mol. The summed E-state index contributed by atoms with van der Waals surface area (Å²) in [6.07, 6.45) is 0. The van der Waals surface area contributed by atoms with Crippen LogP contribution >= 0.6 is 15.9 Å². The first-order chi connectivity index (χ1) is 15.7. The van der Waals surface area contributed by atoms with Crippen molar-refractivity contribution in [3.63, 3.8) is 0 Å². The normalized spacial score (nSPS) is 11.0. The maximum absolute atomic E-state index is 14.1. The summed E-state index contributed by atoms with van der Waals surface area (Å²) < 4.78 is 38.4. The fraction of sp³-hybridized carbons (Fsp3) is 0.125. The van der Waals surface area contributed by atoms with Crippen LogP contribution in [0.2, 0.25) is 0 Å². The molecule has 2 aromatic heterocycles. The SMILES string of the molecule is COC(=O)c1c(C)[nH]c(-c2cc3ccccc3nc2Oc2ccc(F)c(F)c2C)c(Br)c1=O. The molecule has 0 aliphatic rings. The lowest BCUT2D eigenvalue weighted by Crippen LogP contribution is -2.21. The Morgan fingerprint density at radius 1 is 1.12 bits per heavy atom. The molecule has 1 N–H and O–H groups in total. The van der Waals surface area contributed by atoms with Gasteiger partial charge in [0.2, 0.25) is 11.3 Å². The van der Waals surface area contributed by atoms with Crippen molar-refractivity contribution in [3.8, 4) is 22.9 Å². The van der Waals surface area contributed by atoms with Gasteiger partial charge in [-0.2, -0.15) is 0 Å². The minimum atomic E-state index is -1.03. The van der Waals surface area contributed by atoms with Crippen LogP contribution in [0.15, 0.2) is 51.7 Å². The zero-order valence-electron chi connectivity index (χ0n) is 17.8. The number of fused-ring (bicyclic) bond motifs is 1. The lowest BCUT2D eigenvalue weighted by molar-refractivity contribution is 0.0598. The van der Waals surface area contributed by atoms with E-state index < -0.39 is 23.0 Å². The van der Waals surface area contributed by atoms with Crippen molar-refractivity contribution in [3.05, 3.63) is 85.6 Å². The second-order valence-corrected chi connectivity index (χ2v) is 8.05. The molecule has 0 bridgehead atoms. The lowest BCUT2D eigenvalue weighted by atomic mass is 10.1. The number of ether oxygens (including phenoxy) is 2. The van der Waals surface area contributed by atoms with Gasteiger partial charge in [0.25, 0.3) is 0 Å². The van der Waals surface area contributed by atoms with Crippen molar-refractivity contribution in [1.82, 2.24) is 9.97 Å². The first kappa shape index (κ1) is 22.6. The van der Waals surface area contributed by atoms with Gasteiger partial charge in [-0.3, -0.25) is 4.79 Å². The van der Waals surface area contributed by atoms with Crippen molar-refractivity contribution in [1.29, 1.82) is 0 Å². The average Bonchev–Trinajstić information content (AvgIpc) is 2.81. The summed E-state index contributed by atoms with van der Waals surface area (Å²) in [6, 6.07) is 11.3. The van der Waals surface area contributed by atoms with Crippen molar-refractivity contribution in [2.45, 2.75) is 13.8 Å². The van der Waals surface area contributed by atoms with Crippen molar-refractivity contribution < 1.29 is 23.0 Å². The van der Waals surface area contributed by atoms with Crippen LogP contribution in [-0.4, -0.2) is 23.0 Å². The van der Waals surface area contributed by atoms with Gasteiger partial charge in [0, 0.05) is 16.6 Å². The Bertz CT molecular complexity index is 1480. The summed E-state index contributed by atoms with van der Waals surface area (Å²) in [7, 11) is 1.19. The second kappa shape index (κ2) is 8.74. The second-order valence-electron chi connectivity index (χ2n) is 7.26. The van der Waals surface area contributed by atoms with E-state index in [1.807, 2.05) is 12.1 Å². The van der Waals surface area contributed by atoms with Crippen molar-refractivity contribution in [2.75, 3.05) is 7.11 Å². The van der Waals surface area contributed by atoms with E-state index in [0.717, 1.165) is 11.5 Å². The van der Waals surface area contributed by atoms with Gasteiger partial charge >= 0.3 is 5.97 Å². The van der Waals surface area contributed by atoms with Gasteiger partial charge in [0.05, 0.1) is 28.4 Å². The van der Waals surface area contributed by atoms with Gasteiger partial charge in [-0.25, -0.2) is 18.6 Å². The van der Waals surface area contributed by atoms with E-state index >= 15 is 0 Å². The predicted octanol–water partition coefficient (Wildman–Crippen LogP) is 5.83. The maximum atomic E-state index is 14.1. The quantitative estimate of drug-likeness (QED) is 0.346. The number of rotatable bonds is 4. The number of methoxy groups -OCH3 is 1. The summed E-state index contributed by atoms with van der Waals surface area (Å²) in [5.41, 5.74) is 0.823. The van der Waals surface area contributed by atoms with Crippen LogP contribution in [0.3, 0.4) is 0 Å². The molecule has 0 spiro atoms. The van der Waals surface area contributed by atoms with Crippen LogP contribution in [0.25, 0.3) is 22.2 Å². The number of nitrogens with zero attached hydrogens (tertiary/aromatic N) is 1. The van der Waals surface area contributed by atoms with Gasteiger partial charge in [-0.15, -0.1) is 0 Å². The van der Waals surface area contributed by atoms with Gasteiger partial charge in [-0.1, -0.05) is 18.2 Å². The Morgan fingerprint density at radius 2 is 1.85 bits per heavy atom. The average molecular weight is 515 g/mol. The third kappa shape index (κ3) is 4.00. The van der Waals surface area contributed by atoms with Crippen LogP contribution in [0.1, 0.15) is 21.6 Å². The van der Waals surface area contributed by atoms with Gasteiger partial charge in [-0.05, 0) is 54.0 Å². The van der Waals surface area contributed by atoms with E-state index in [-0.39, 0.29) is 32.9 Å². The molecule has 9 heteroatoms. The van der Waals surface area contributed by atoms with E-state index in [1.54, 1.807) is 25.1 Å². The maximum Gasteiger partial charge on any atom is 0.343 e. The van der Waals surface area contributed by atoms with E-state index in [4.69, 9.17) is 9.47 Å². The fourth-order valence-corrected chi connectivity index (χ4v) is 3.95. The minimum absolute atomic E-state index is 0.0271. The van der Waals surface area contributed by atoms with Gasteiger partial charge in [0.1, 0.15) is 11.3 Å². The minimum Gasteiger partial charge on any atom is -0.465 e. The number of H-pyrrole nitrogens is 1. The Labute approximate surface area is 195 Å². The van der Waals surface area contributed by atoms with E-state index in [0.29, 0.717) is 16.8 Å². The molecule has 4 rings (SSSR count). The summed E-state index contributed by atoms with van der Waals surface area (Å²) in [5.74, 6) is -2.66. The molecule has 33 heavy (non-hydrogen) atoms. The third-order valence-electron chi connectivity index (χ3n) is 5.18. The van der Waals surface area contributed by atoms with Crippen LogP contribution in [0, 0.1) is 25.5 Å². The van der Waals surface area contributed by atoms with E-state index in [9.17, 15) is 18.4 Å². The van der Waals surface area contributed by atoms with Crippen molar-refractivity contribution in [2.24, 2.45) is 0 Å². The van der Waals surface area contributed by atoms with Crippen LogP contribution in [0.4, 0.5) is 8.78 Å². The number of carbonyl (C=O) groups is 1. The highest BCUT2D eigenvalue weighted by Gasteiger charge is 2.23. The molecular formula is C24H17BrF2N2O4. The molecule has 0 atom stereocenters. The Morgan fingerprint density at radius 3 is 2.58 bits per heavy atom. The number of hydrogen-bond acceptors (Lipinski definition) is 5. The van der Waals surface area contributed by atoms with Crippen LogP contribution < -0.4 is 10.2 Å². The number of aryl methyl sites for hydroxylation is 1. The molecule has 0 unspecified atom stereocenters. The van der Waals surface area contributed by atoms with Crippen LogP contribution in [0.5, 0.6) is 11.6 Å². The zero-order valence-corrected chi connectivity index (χ0v) is 19.3. The summed E-state index contributed by atoms with van der Waals surface area (Å²) in [4.78, 5) is 32.6. The molecule has 2 aromatic carbocycles. The lowest BCUT2D eigenvalue weighted by Gasteiger charge is -2.16. The molecule has 4 aromatic rings. The molecule has 0 radical (unpaired) electrons. The first-order valence-electron chi connectivity index (χ1n) is 9.76. The van der Waals surface area contributed by atoms with E-state index in [2.05, 4.69) is 25.9 Å². The molecule has 0 aliphatic carbocycles.